The second-order valence-electron chi connectivity index (χ2n) is 4.56. The normalized spacial score (nSPS) is 14.1. The second kappa shape index (κ2) is 5.73. The smallest absolute Gasteiger partial charge is 0.231 e. The lowest BCUT2D eigenvalue weighted by molar-refractivity contribution is 0.174. The van der Waals surface area contributed by atoms with E-state index in [-0.39, 0.29) is 12.8 Å². The SMILES string of the molecule is NCC(Nc1cccc(Br)c1)c1ccc2c(c1)OCO2. The molecular weight excluding hydrogens is 320 g/mol. The fraction of sp³-hybridized carbons (Fsp3) is 0.200. The first-order chi connectivity index (χ1) is 9.76. The van der Waals surface area contributed by atoms with Gasteiger partial charge in [0.15, 0.2) is 11.5 Å². The van der Waals surface area contributed by atoms with Gasteiger partial charge in [0, 0.05) is 16.7 Å². The van der Waals surface area contributed by atoms with Crippen LogP contribution in [0.1, 0.15) is 11.6 Å². The van der Waals surface area contributed by atoms with E-state index in [1.165, 1.54) is 0 Å². The van der Waals surface area contributed by atoms with Crippen molar-refractivity contribution in [2.24, 2.45) is 5.73 Å². The molecule has 0 amide bonds. The van der Waals surface area contributed by atoms with Gasteiger partial charge in [-0.3, -0.25) is 0 Å². The highest BCUT2D eigenvalue weighted by Crippen LogP contribution is 2.34. The predicted octanol–water partition coefficient (Wildman–Crippen LogP) is 3.29. The summed E-state index contributed by atoms with van der Waals surface area (Å²) in [6.07, 6.45) is 0. The van der Waals surface area contributed by atoms with Gasteiger partial charge in [0.1, 0.15) is 0 Å². The number of hydrogen-bond donors (Lipinski definition) is 2. The molecule has 1 aliphatic rings. The van der Waals surface area contributed by atoms with Crippen molar-refractivity contribution < 1.29 is 9.47 Å². The van der Waals surface area contributed by atoms with Gasteiger partial charge in [0.2, 0.25) is 6.79 Å². The van der Waals surface area contributed by atoms with E-state index in [0.29, 0.717) is 6.54 Å². The van der Waals surface area contributed by atoms with Crippen LogP contribution >= 0.6 is 15.9 Å². The minimum absolute atomic E-state index is 0.0267. The Balaban J connectivity index is 1.83. The molecule has 1 atom stereocenters. The van der Waals surface area contributed by atoms with Crippen LogP contribution in [0.25, 0.3) is 0 Å². The summed E-state index contributed by atoms with van der Waals surface area (Å²) in [7, 11) is 0. The number of nitrogens with two attached hydrogens (primary N) is 1. The molecule has 0 saturated carbocycles. The van der Waals surface area contributed by atoms with Crippen molar-refractivity contribution in [3.8, 4) is 11.5 Å². The van der Waals surface area contributed by atoms with Crippen molar-refractivity contribution in [2.75, 3.05) is 18.7 Å². The molecule has 4 nitrogen and oxygen atoms in total. The van der Waals surface area contributed by atoms with Crippen LogP contribution in [0.15, 0.2) is 46.9 Å². The number of ether oxygens (including phenoxy) is 2. The first-order valence-corrected chi connectivity index (χ1v) is 7.17. The Morgan fingerprint density at radius 1 is 1.15 bits per heavy atom. The van der Waals surface area contributed by atoms with Gasteiger partial charge in [0.25, 0.3) is 0 Å². The molecular formula is C15H15BrN2O2. The average molecular weight is 335 g/mol. The highest BCUT2D eigenvalue weighted by atomic mass is 79.9. The van der Waals surface area contributed by atoms with Crippen LogP contribution in [0.3, 0.4) is 0 Å². The molecule has 1 unspecified atom stereocenters. The third-order valence-electron chi connectivity index (χ3n) is 3.20. The van der Waals surface area contributed by atoms with Crippen LogP contribution in [0, 0.1) is 0 Å². The first-order valence-electron chi connectivity index (χ1n) is 6.38. The van der Waals surface area contributed by atoms with E-state index in [1.54, 1.807) is 0 Å². The fourth-order valence-corrected chi connectivity index (χ4v) is 2.59. The lowest BCUT2D eigenvalue weighted by Crippen LogP contribution is -2.20. The largest absolute Gasteiger partial charge is 0.454 e. The molecule has 0 aliphatic carbocycles. The van der Waals surface area contributed by atoms with E-state index in [4.69, 9.17) is 15.2 Å². The number of rotatable bonds is 4. The number of hydrogen-bond acceptors (Lipinski definition) is 4. The Kier molecular flexibility index (Phi) is 3.80. The van der Waals surface area contributed by atoms with E-state index in [2.05, 4.69) is 21.2 Å². The summed E-state index contributed by atoms with van der Waals surface area (Å²) in [5.41, 5.74) is 7.99. The van der Waals surface area contributed by atoms with E-state index < -0.39 is 0 Å². The van der Waals surface area contributed by atoms with E-state index >= 15 is 0 Å². The third kappa shape index (κ3) is 2.73. The van der Waals surface area contributed by atoms with E-state index in [9.17, 15) is 0 Å². The maximum Gasteiger partial charge on any atom is 0.231 e. The van der Waals surface area contributed by atoms with Crippen LogP contribution in [0.5, 0.6) is 11.5 Å². The number of anilines is 1. The molecule has 0 fully saturated rings. The molecule has 0 radical (unpaired) electrons. The molecule has 20 heavy (non-hydrogen) atoms. The monoisotopic (exact) mass is 334 g/mol. The minimum Gasteiger partial charge on any atom is -0.454 e. The molecule has 5 heteroatoms. The van der Waals surface area contributed by atoms with Crippen molar-refractivity contribution in [1.29, 1.82) is 0 Å². The van der Waals surface area contributed by atoms with E-state index in [1.807, 2.05) is 42.5 Å². The summed E-state index contributed by atoms with van der Waals surface area (Å²) < 4.78 is 11.8. The van der Waals surface area contributed by atoms with Gasteiger partial charge in [-0.1, -0.05) is 28.1 Å². The molecule has 104 valence electrons. The number of benzene rings is 2. The molecule has 3 N–H and O–H groups in total. The van der Waals surface area contributed by atoms with Crippen molar-refractivity contribution in [1.82, 2.24) is 0 Å². The van der Waals surface area contributed by atoms with Gasteiger partial charge in [-0.2, -0.15) is 0 Å². The van der Waals surface area contributed by atoms with Crippen molar-refractivity contribution >= 4 is 21.6 Å². The Hall–Kier alpha value is -1.72. The van der Waals surface area contributed by atoms with Gasteiger partial charge in [0.05, 0.1) is 6.04 Å². The standard InChI is InChI=1S/C15H15BrN2O2/c16-11-2-1-3-12(7-11)18-13(8-17)10-4-5-14-15(6-10)20-9-19-14/h1-7,13,18H,8-9,17H2. The van der Waals surface area contributed by atoms with Gasteiger partial charge < -0.3 is 20.5 Å². The number of nitrogens with one attached hydrogen (secondary N) is 1. The van der Waals surface area contributed by atoms with E-state index in [0.717, 1.165) is 27.2 Å². The lowest BCUT2D eigenvalue weighted by Gasteiger charge is -2.19. The summed E-state index contributed by atoms with van der Waals surface area (Å²) in [5, 5.41) is 3.43. The van der Waals surface area contributed by atoms with Crippen molar-refractivity contribution in [3.63, 3.8) is 0 Å². The van der Waals surface area contributed by atoms with Crippen LogP contribution in [0.2, 0.25) is 0 Å². The molecule has 1 heterocycles. The maximum atomic E-state index is 5.89. The van der Waals surface area contributed by atoms with Gasteiger partial charge in [-0.05, 0) is 35.9 Å². The Labute approximate surface area is 126 Å². The second-order valence-corrected chi connectivity index (χ2v) is 5.47. The maximum absolute atomic E-state index is 5.89. The highest BCUT2D eigenvalue weighted by Gasteiger charge is 2.17. The fourth-order valence-electron chi connectivity index (χ4n) is 2.19. The van der Waals surface area contributed by atoms with Crippen LogP contribution in [0.4, 0.5) is 5.69 Å². The zero-order chi connectivity index (χ0) is 13.9. The lowest BCUT2D eigenvalue weighted by atomic mass is 10.1. The minimum atomic E-state index is 0.0267. The molecule has 2 aromatic carbocycles. The topological polar surface area (TPSA) is 56.5 Å². The molecule has 3 rings (SSSR count). The Morgan fingerprint density at radius 2 is 2.00 bits per heavy atom. The molecule has 1 aliphatic heterocycles. The number of halogens is 1. The summed E-state index contributed by atoms with van der Waals surface area (Å²) in [6.45, 7) is 0.775. The van der Waals surface area contributed by atoms with Crippen LogP contribution < -0.4 is 20.5 Å². The van der Waals surface area contributed by atoms with Crippen LogP contribution in [-0.4, -0.2) is 13.3 Å². The first kappa shape index (κ1) is 13.3. The molecule has 2 aromatic rings. The third-order valence-corrected chi connectivity index (χ3v) is 3.69. The predicted molar refractivity (Wildman–Crippen MR) is 82.1 cm³/mol. The number of fused-ring (bicyclic) bond motifs is 1. The van der Waals surface area contributed by atoms with Gasteiger partial charge >= 0.3 is 0 Å². The molecule has 0 bridgehead atoms. The zero-order valence-corrected chi connectivity index (χ0v) is 12.4. The summed E-state index contributed by atoms with van der Waals surface area (Å²) in [6, 6.07) is 13.9. The van der Waals surface area contributed by atoms with Gasteiger partial charge in [-0.15, -0.1) is 0 Å². The Bertz CT molecular complexity index is 619. The average Bonchev–Trinajstić information content (AvgIpc) is 2.92. The molecule has 0 saturated heterocycles. The van der Waals surface area contributed by atoms with Crippen molar-refractivity contribution in [2.45, 2.75) is 6.04 Å². The van der Waals surface area contributed by atoms with Crippen LogP contribution in [-0.2, 0) is 0 Å². The molecule has 0 aromatic heterocycles. The van der Waals surface area contributed by atoms with Crippen molar-refractivity contribution in [3.05, 3.63) is 52.5 Å². The summed E-state index contributed by atoms with van der Waals surface area (Å²) >= 11 is 3.46. The highest BCUT2D eigenvalue weighted by molar-refractivity contribution is 9.10. The Morgan fingerprint density at radius 3 is 2.80 bits per heavy atom. The van der Waals surface area contributed by atoms with Gasteiger partial charge in [-0.25, -0.2) is 0 Å². The summed E-state index contributed by atoms with van der Waals surface area (Å²) in [5.74, 6) is 1.56. The molecule has 0 spiro atoms. The summed E-state index contributed by atoms with van der Waals surface area (Å²) in [4.78, 5) is 0. The zero-order valence-electron chi connectivity index (χ0n) is 10.8. The quantitative estimate of drug-likeness (QED) is 0.900.